The highest BCUT2D eigenvalue weighted by Crippen LogP contribution is 2.29. The van der Waals surface area contributed by atoms with Gasteiger partial charge in [0.15, 0.2) is 0 Å². The van der Waals surface area contributed by atoms with Gasteiger partial charge in [0.05, 0.1) is 13.4 Å². The van der Waals surface area contributed by atoms with Crippen LogP contribution in [0, 0.1) is 5.92 Å². The average molecular weight is 328 g/mol. The van der Waals surface area contributed by atoms with Gasteiger partial charge in [0.25, 0.3) is 0 Å². The maximum atomic E-state index is 11.2. The molecule has 0 aromatic heterocycles. The first kappa shape index (κ1) is 21.2. The quantitative estimate of drug-likeness (QED) is 0.600. The summed E-state index contributed by atoms with van der Waals surface area (Å²) in [6.07, 6.45) is 8.32. The summed E-state index contributed by atoms with van der Waals surface area (Å²) >= 11 is 0. The lowest BCUT2D eigenvalue weighted by Gasteiger charge is -2.20. The molecular weight excluding hydrogens is 296 g/mol. The number of nitrogens with one attached hydrogen (secondary N) is 2. The largest absolute Gasteiger partial charge is 0.451 e. The number of carbonyl (C=O) groups excluding carboxylic acids is 2. The highest BCUT2D eigenvalue weighted by Gasteiger charge is 2.27. The van der Waals surface area contributed by atoms with Crippen LogP contribution in [0.15, 0.2) is 4.99 Å². The van der Waals surface area contributed by atoms with Crippen molar-refractivity contribution in [1.82, 2.24) is 15.5 Å². The number of amides is 3. The summed E-state index contributed by atoms with van der Waals surface area (Å²) in [4.78, 5) is 26.5. The fourth-order valence-electron chi connectivity index (χ4n) is 2.49. The zero-order chi connectivity index (χ0) is 17.7. The Morgan fingerprint density at radius 1 is 1.35 bits per heavy atom. The molecule has 2 unspecified atom stereocenters. The van der Waals surface area contributed by atoms with E-state index >= 15 is 0 Å². The van der Waals surface area contributed by atoms with E-state index in [2.05, 4.69) is 27.3 Å². The lowest BCUT2D eigenvalue weighted by molar-refractivity contribution is 0.182. The van der Waals surface area contributed by atoms with E-state index in [0.29, 0.717) is 12.0 Å². The summed E-state index contributed by atoms with van der Waals surface area (Å²) in [5.74, 6) is 0.715. The molecule has 1 aliphatic carbocycles. The number of carbonyl (C=O) groups is 2. The Balaban J connectivity index is 0.000000468. The van der Waals surface area contributed by atoms with Gasteiger partial charge in [-0.2, -0.15) is 4.99 Å². The number of ether oxygens (including phenoxy) is 1. The molecule has 7 heteroatoms. The second-order valence-electron chi connectivity index (χ2n) is 5.84. The molecule has 1 aliphatic rings. The molecule has 0 aliphatic heterocycles. The zero-order valence-electron chi connectivity index (χ0n) is 15.1. The summed E-state index contributed by atoms with van der Waals surface area (Å²) in [6.45, 7) is 2.22. The van der Waals surface area contributed by atoms with Gasteiger partial charge >= 0.3 is 12.1 Å². The number of urea groups is 1. The molecular formula is C16H32N4O3. The van der Waals surface area contributed by atoms with Gasteiger partial charge in [-0.05, 0) is 25.2 Å². The number of aliphatic imine (C=N–C) groups is 1. The maximum Gasteiger partial charge on any atom is 0.434 e. The van der Waals surface area contributed by atoms with Crippen molar-refractivity contribution >= 4 is 18.5 Å². The molecule has 1 fully saturated rings. The third kappa shape index (κ3) is 10.5. The van der Waals surface area contributed by atoms with Crippen LogP contribution in [0.25, 0.3) is 0 Å². The Hall–Kier alpha value is -1.79. The number of rotatable bonds is 5. The molecule has 0 heterocycles. The lowest BCUT2D eigenvalue weighted by Crippen LogP contribution is -2.42. The SMILES string of the molecule is CCCCC1CCCC1NC(=O)NC.COC(=O)N=CN(C)C. The first-order chi connectivity index (χ1) is 10.9. The monoisotopic (exact) mass is 328 g/mol. The predicted molar refractivity (Wildman–Crippen MR) is 92.8 cm³/mol. The summed E-state index contributed by atoms with van der Waals surface area (Å²) in [5.41, 5.74) is 0. The van der Waals surface area contributed by atoms with E-state index in [1.807, 2.05) is 0 Å². The Bertz CT molecular complexity index is 372. The molecule has 134 valence electrons. The molecule has 7 nitrogen and oxygen atoms in total. The minimum atomic E-state index is -0.580. The van der Waals surface area contributed by atoms with Crippen molar-refractivity contribution in [1.29, 1.82) is 0 Å². The van der Waals surface area contributed by atoms with E-state index in [9.17, 15) is 9.59 Å². The van der Waals surface area contributed by atoms with Gasteiger partial charge in [0, 0.05) is 27.2 Å². The molecule has 3 amide bonds. The van der Waals surface area contributed by atoms with E-state index in [1.165, 1.54) is 45.6 Å². The van der Waals surface area contributed by atoms with Gasteiger partial charge in [0.1, 0.15) is 0 Å². The molecule has 2 atom stereocenters. The van der Waals surface area contributed by atoms with E-state index < -0.39 is 6.09 Å². The van der Waals surface area contributed by atoms with Crippen molar-refractivity contribution in [3.05, 3.63) is 0 Å². The Morgan fingerprint density at radius 2 is 2.04 bits per heavy atom. The molecule has 1 saturated carbocycles. The maximum absolute atomic E-state index is 11.2. The number of hydrogen-bond acceptors (Lipinski definition) is 3. The molecule has 0 saturated heterocycles. The molecule has 2 N–H and O–H groups in total. The van der Waals surface area contributed by atoms with Crippen molar-refractivity contribution in [2.75, 3.05) is 28.3 Å². The number of methoxy groups -OCH3 is 1. The van der Waals surface area contributed by atoms with Crippen LogP contribution in [0.1, 0.15) is 45.4 Å². The van der Waals surface area contributed by atoms with Gasteiger partial charge < -0.3 is 20.3 Å². The van der Waals surface area contributed by atoms with E-state index in [1.54, 1.807) is 26.0 Å². The summed E-state index contributed by atoms with van der Waals surface area (Å²) in [5, 5.41) is 5.66. The lowest BCUT2D eigenvalue weighted by atomic mass is 9.97. The Labute approximate surface area is 139 Å². The van der Waals surface area contributed by atoms with Crippen LogP contribution in [-0.4, -0.2) is 57.7 Å². The van der Waals surface area contributed by atoms with Crippen LogP contribution >= 0.6 is 0 Å². The van der Waals surface area contributed by atoms with Crippen molar-refractivity contribution < 1.29 is 14.3 Å². The molecule has 0 aromatic rings. The van der Waals surface area contributed by atoms with Crippen molar-refractivity contribution in [2.45, 2.75) is 51.5 Å². The molecule has 1 rings (SSSR count). The molecule has 0 radical (unpaired) electrons. The highest BCUT2D eigenvalue weighted by atomic mass is 16.5. The van der Waals surface area contributed by atoms with Gasteiger partial charge in [-0.1, -0.05) is 26.2 Å². The predicted octanol–water partition coefficient (Wildman–Crippen LogP) is 2.62. The minimum Gasteiger partial charge on any atom is -0.451 e. The standard InChI is InChI=1S/C11H22N2O.C5H10N2O2/c1-3-4-6-9-7-5-8-10(9)13-11(14)12-2;1-7(2)4-6-5(8)9-3/h9-10H,3-8H2,1-2H3,(H2,12,13,14);4H,1-3H3. The van der Waals surface area contributed by atoms with E-state index in [0.717, 1.165) is 6.42 Å². The molecule has 23 heavy (non-hydrogen) atoms. The average Bonchev–Trinajstić information content (AvgIpc) is 2.97. The summed E-state index contributed by atoms with van der Waals surface area (Å²) in [6, 6.07) is 0.389. The van der Waals surface area contributed by atoms with Gasteiger partial charge in [-0.3, -0.25) is 0 Å². The van der Waals surface area contributed by atoms with Crippen LogP contribution < -0.4 is 10.6 Å². The Kier molecular flexibility index (Phi) is 11.7. The summed E-state index contributed by atoms with van der Waals surface area (Å²) in [7, 11) is 6.50. The van der Waals surface area contributed by atoms with Crippen LogP contribution in [0.2, 0.25) is 0 Å². The first-order valence-electron chi connectivity index (χ1n) is 8.21. The van der Waals surface area contributed by atoms with Crippen molar-refractivity contribution in [3.63, 3.8) is 0 Å². The van der Waals surface area contributed by atoms with Gasteiger partial charge in [0.2, 0.25) is 0 Å². The van der Waals surface area contributed by atoms with E-state index in [4.69, 9.17) is 0 Å². The topological polar surface area (TPSA) is 83.0 Å². The third-order valence-electron chi connectivity index (χ3n) is 3.70. The highest BCUT2D eigenvalue weighted by molar-refractivity contribution is 5.78. The van der Waals surface area contributed by atoms with Crippen LogP contribution in [0.3, 0.4) is 0 Å². The minimum absolute atomic E-state index is 0.0293. The molecule has 0 aromatic carbocycles. The van der Waals surface area contributed by atoms with Crippen LogP contribution in [0.5, 0.6) is 0 Å². The Morgan fingerprint density at radius 3 is 2.57 bits per heavy atom. The fourth-order valence-corrected chi connectivity index (χ4v) is 2.49. The zero-order valence-corrected chi connectivity index (χ0v) is 15.1. The smallest absolute Gasteiger partial charge is 0.434 e. The van der Waals surface area contributed by atoms with E-state index in [-0.39, 0.29) is 6.03 Å². The second-order valence-corrected chi connectivity index (χ2v) is 5.84. The fraction of sp³-hybridized carbons (Fsp3) is 0.812. The third-order valence-corrected chi connectivity index (χ3v) is 3.70. The number of nitrogens with zero attached hydrogens (tertiary/aromatic N) is 2. The number of hydrogen-bond donors (Lipinski definition) is 2. The molecule has 0 spiro atoms. The van der Waals surface area contributed by atoms with Crippen LogP contribution in [-0.2, 0) is 4.74 Å². The van der Waals surface area contributed by atoms with Gasteiger partial charge in [-0.15, -0.1) is 0 Å². The van der Waals surface area contributed by atoms with Crippen LogP contribution in [0.4, 0.5) is 9.59 Å². The van der Waals surface area contributed by atoms with Crippen molar-refractivity contribution in [3.8, 4) is 0 Å². The normalized spacial score (nSPS) is 19.7. The van der Waals surface area contributed by atoms with Crippen molar-refractivity contribution in [2.24, 2.45) is 10.9 Å². The molecule has 0 bridgehead atoms. The first-order valence-corrected chi connectivity index (χ1v) is 8.21. The van der Waals surface area contributed by atoms with Gasteiger partial charge in [-0.25, -0.2) is 9.59 Å². The number of unbranched alkanes of at least 4 members (excludes halogenated alkanes) is 1. The second kappa shape index (κ2) is 12.7. The summed E-state index contributed by atoms with van der Waals surface area (Å²) < 4.78 is 4.24.